The molecule has 1 N–H and O–H groups in total. The molecule has 0 heterocycles. The van der Waals surface area contributed by atoms with E-state index in [0.29, 0.717) is 0 Å². The summed E-state index contributed by atoms with van der Waals surface area (Å²) in [5.41, 5.74) is 0. The van der Waals surface area contributed by atoms with Crippen LogP contribution in [-0.2, 0) is 4.79 Å². The molecule has 11 heavy (non-hydrogen) atoms. The highest BCUT2D eigenvalue weighted by atomic mass is 32.2. The van der Waals surface area contributed by atoms with Gasteiger partial charge in [0.25, 0.3) is 0 Å². The quantitative estimate of drug-likeness (QED) is 0.516. The van der Waals surface area contributed by atoms with Crippen LogP contribution in [0.4, 0.5) is 0 Å². The van der Waals surface area contributed by atoms with Gasteiger partial charge in [-0.05, 0) is 6.92 Å². The normalized spacial score (nSPS) is 13.3. The van der Waals surface area contributed by atoms with Gasteiger partial charge in [-0.1, -0.05) is 32.5 Å². The molecule has 0 unspecified atom stereocenters. The van der Waals surface area contributed by atoms with Crippen molar-refractivity contribution in [2.75, 3.05) is 0 Å². The Labute approximate surface area is 71.7 Å². The maximum Gasteiger partial charge on any atom is 0.156 e. The lowest BCUT2D eigenvalue weighted by molar-refractivity contribution is -0.112. The Bertz CT molecular complexity index is 177. The van der Waals surface area contributed by atoms with Gasteiger partial charge in [-0.2, -0.15) is 0 Å². The molecule has 0 aliphatic rings. The Balaban J connectivity index is 4.07. The van der Waals surface area contributed by atoms with Crippen molar-refractivity contribution < 1.29 is 9.90 Å². The van der Waals surface area contributed by atoms with Gasteiger partial charge in [0.05, 0.1) is 0 Å². The molecule has 2 nitrogen and oxygen atoms in total. The number of allylic oxidation sites excluding steroid dienone is 1. The largest absolute Gasteiger partial charge is 0.502 e. The van der Waals surface area contributed by atoms with Crippen molar-refractivity contribution in [3.8, 4) is 0 Å². The molecule has 0 saturated carbocycles. The van der Waals surface area contributed by atoms with Gasteiger partial charge >= 0.3 is 0 Å². The topological polar surface area (TPSA) is 37.3 Å². The second-order valence-electron chi connectivity index (χ2n) is 3.31. The van der Waals surface area contributed by atoms with Crippen molar-refractivity contribution in [3.05, 3.63) is 11.2 Å². The summed E-state index contributed by atoms with van der Waals surface area (Å²) in [5.74, 6) is -0.126. The maximum absolute atomic E-state index is 10.5. The Kier molecular flexibility index (Phi) is 3.66. The van der Waals surface area contributed by atoms with Crippen molar-refractivity contribution >= 4 is 17.5 Å². The summed E-state index contributed by atoms with van der Waals surface area (Å²) in [6.45, 7) is 7.34. The van der Waals surface area contributed by atoms with E-state index in [1.54, 1.807) is 0 Å². The van der Waals surface area contributed by atoms with Crippen LogP contribution >= 0.6 is 11.8 Å². The van der Waals surface area contributed by atoms with E-state index in [-0.39, 0.29) is 15.6 Å². The SMILES string of the molecule is CC(=O)/C=C(\O)SC(C)(C)C. The molecular weight excluding hydrogens is 160 g/mol. The first-order chi connectivity index (χ1) is 4.81. The average Bonchev–Trinajstić information content (AvgIpc) is 1.53. The zero-order chi connectivity index (χ0) is 9.07. The monoisotopic (exact) mass is 174 g/mol. The number of ketones is 1. The van der Waals surface area contributed by atoms with Crippen LogP contribution in [0.25, 0.3) is 0 Å². The predicted molar refractivity (Wildman–Crippen MR) is 48.7 cm³/mol. The van der Waals surface area contributed by atoms with E-state index < -0.39 is 0 Å². The molecule has 0 saturated heterocycles. The molecule has 0 aliphatic heterocycles. The molecule has 0 radical (unpaired) electrons. The fourth-order valence-corrected chi connectivity index (χ4v) is 1.37. The van der Waals surface area contributed by atoms with Gasteiger partial charge in [0.15, 0.2) is 10.9 Å². The first kappa shape index (κ1) is 10.6. The van der Waals surface area contributed by atoms with Gasteiger partial charge in [-0.3, -0.25) is 4.79 Å². The number of aliphatic hydroxyl groups excluding tert-OH is 1. The number of hydrogen-bond donors (Lipinski definition) is 1. The van der Waals surface area contributed by atoms with E-state index in [9.17, 15) is 4.79 Å². The van der Waals surface area contributed by atoms with E-state index in [4.69, 9.17) is 5.11 Å². The molecule has 0 aromatic rings. The molecule has 0 aromatic carbocycles. The lowest BCUT2D eigenvalue weighted by Crippen LogP contribution is -2.07. The third kappa shape index (κ3) is 7.46. The summed E-state index contributed by atoms with van der Waals surface area (Å²) in [5, 5.41) is 9.25. The van der Waals surface area contributed by atoms with Crippen LogP contribution in [0.15, 0.2) is 11.2 Å². The Hall–Kier alpha value is -0.440. The van der Waals surface area contributed by atoms with Gasteiger partial charge in [0.1, 0.15) is 0 Å². The smallest absolute Gasteiger partial charge is 0.156 e. The van der Waals surface area contributed by atoms with Crippen LogP contribution in [0, 0.1) is 0 Å². The molecule has 0 fully saturated rings. The van der Waals surface area contributed by atoms with Gasteiger partial charge in [0, 0.05) is 10.8 Å². The highest BCUT2D eigenvalue weighted by molar-refractivity contribution is 8.04. The fraction of sp³-hybridized carbons (Fsp3) is 0.625. The summed E-state index contributed by atoms with van der Waals surface area (Å²) in [4.78, 5) is 10.5. The van der Waals surface area contributed by atoms with Crippen LogP contribution in [0.2, 0.25) is 0 Å². The number of carbonyl (C=O) groups is 1. The third-order valence-corrected chi connectivity index (χ3v) is 1.68. The molecule has 0 aliphatic carbocycles. The van der Waals surface area contributed by atoms with Gasteiger partial charge < -0.3 is 5.11 Å². The molecule has 0 atom stereocenters. The van der Waals surface area contributed by atoms with Gasteiger partial charge in [0.2, 0.25) is 0 Å². The summed E-state index contributed by atoms with van der Waals surface area (Å²) in [6, 6.07) is 0. The van der Waals surface area contributed by atoms with E-state index in [1.807, 2.05) is 20.8 Å². The van der Waals surface area contributed by atoms with Crippen molar-refractivity contribution in [3.63, 3.8) is 0 Å². The Morgan fingerprint density at radius 3 is 2.18 bits per heavy atom. The second kappa shape index (κ2) is 3.81. The number of aliphatic hydroxyl groups is 1. The number of hydrogen-bond acceptors (Lipinski definition) is 3. The Morgan fingerprint density at radius 1 is 1.45 bits per heavy atom. The minimum Gasteiger partial charge on any atom is -0.502 e. The number of thioether (sulfide) groups is 1. The molecule has 0 spiro atoms. The van der Waals surface area contributed by atoms with Crippen LogP contribution in [-0.4, -0.2) is 15.6 Å². The molecule has 0 amide bonds. The summed E-state index contributed by atoms with van der Waals surface area (Å²) >= 11 is 1.28. The highest BCUT2D eigenvalue weighted by Crippen LogP contribution is 2.28. The minimum atomic E-state index is -0.126. The average molecular weight is 174 g/mol. The van der Waals surface area contributed by atoms with E-state index in [0.717, 1.165) is 0 Å². The van der Waals surface area contributed by atoms with Gasteiger partial charge in [-0.15, -0.1) is 0 Å². The fourth-order valence-electron chi connectivity index (χ4n) is 0.517. The zero-order valence-corrected chi connectivity index (χ0v) is 8.16. The van der Waals surface area contributed by atoms with E-state index in [1.165, 1.54) is 24.8 Å². The lowest BCUT2D eigenvalue weighted by Gasteiger charge is -2.15. The summed E-state index contributed by atoms with van der Waals surface area (Å²) in [6.07, 6.45) is 1.23. The predicted octanol–water partition coefficient (Wildman–Crippen LogP) is 2.51. The minimum absolute atomic E-state index is 0.0456. The number of rotatable bonds is 2. The molecule has 0 rings (SSSR count). The Morgan fingerprint density at radius 2 is 1.91 bits per heavy atom. The van der Waals surface area contributed by atoms with Crippen LogP contribution < -0.4 is 0 Å². The summed E-state index contributed by atoms with van der Waals surface area (Å²) in [7, 11) is 0. The van der Waals surface area contributed by atoms with Gasteiger partial charge in [-0.25, -0.2) is 0 Å². The highest BCUT2D eigenvalue weighted by Gasteiger charge is 2.13. The lowest BCUT2D eigenvalue weighted by atomic mass is 10.3. The van der Waals surface area contributed by atoms with Crippen molar-refractivity contribution in [1.29, 1.82) is 0 Å². The maximum atomic E-state index is 10.5. The van der Waals surface area contributed by atoms with Crippen LogP contribution in [0.3, 0.4) is 0 Å². The van der Waals surface area contributed by atoms with Crippen molar-refractivity contribution in [2.24, 2.45) is 0 Å². The molecule has 0 bridgehead atoms. The zero-order valence-electron chi connectivity index (χ0n) is 7.34. The first-order valence-electron chi connectivity index (χ1n) is 3.41. The molecular formula is C8H14O2S. The molecule has 0 aromatic heterocycles. The molecule has 3 heteroatoms. The van der Waals surface area contributed by atoms with Crippen LogP contribution in [0.1, 0.15) is 27.7 Å². The summed E-state index contributed by atoms with van der Waals surface area (Å²) < 4.78 is -0.0456. The third-order valence-electron chi connectivity index (χ3n) is 0.737. The van der Waals surface area contributed by atoms with Crippen molar-refractivity contribution in [2.45, 2.75) is 32.4 Å². The first-order valence-corrected chi connectivity index (χ1v) is 4.23. The second-order valence-corrected chi connectivity index (χ2v) is 5.15. The standard InChI is InChI=1S/C8H14O2S/c1-6(9)5-7(10)11-8(2,3)4/h5,10H,1-4H3/b7-5+. The van der Waals surface area contributed by atoms with Crippen LogP contribution in [0.5, 0.6) is 0 Å². The van der Waals surface area contributed by atoms with Crippen molar-refractivity contribution in [1.82, 2.24) is 0 Å². The van der Waals surface area contributed by atoms with E-state index >= 15 is 0 Å². The van der Waals surface area contributed by atoms with E-state index in [2.05, 4.69) is 0 Å². The molecule has 64 valence electrons. The number of carbonyl (C=O) groups excluding carboxylic acids is 1.